The predicted molar refractivity (Wildman–Crippen MR) is 112 cm³/mol. The van der Waals surface area contributed by atoms with Gasteiger partial charge in [-0.25, -0.2) is 0 Å². The van der Waals surface area contributed by atoms with E-state index in [1.807, 2.05) is 41.0 Å². The first-order valence-electron chi connectivity index (χ1n) is 9.05. The molecular formula is C22H19N3O3S. The first-order chi connectivity index (χ1) is 14.0. The summed E-state index contributed by atoms with van der Waals surface area (Å²) in [5, 5.41) is 18.8. The number of rotatable bonds is 5. The van der Waals surface area contributed by atoms with Crippen LogP contribution in [0.15, 0.2) is 75.2 Å². The lowest BCUT2D eigenvalue weighted by atomic mass is 10.1. The third-order valence-corrected chi connectivity index (χ3v) is 5.58. The van der Waals surface area contributed by atoms with Gasteiger partial charge in [-0.3, -0.25) is 9.36 Å². The van der Waals surface area contributed by atoms with E-state index in [1.54, 1.807) is 0 Å². The summed E-state index contributed by atoms with van der Waals surface area (Å²) in [6.07, 6.45) is 1.06. The predicted octanol–water partition coefficient (Wildman–Crippen LogP) is 4.50. The summed E-state index contributed by atoms with van der Waals surface area (Å²) in [7, 11) is 0. The monoisotopic (exact) mass is 405 g/mol. The molecule has 0 radical (unpaired) electrons. The van der Waals surface area contributed by atoms with Crippen molar-refractivity contribution in [1.29, 1.82) is 0 Å². The van der Waals surface area contributed by atoms with Crippen LogP contribution < -0.4 is 5.43 Å². The van der Waals surface area contributed by atoms with Crippen molar-refractivity contribution in [2.75, 3.05) is 0 Å². The van der Waals surface area contributed by atoms with Gasteiger partial charge in [0.1, 0.15) is 12.0 Å². The fraction of sp³-hybridized carbons (Fsp3) is 0.136. The van der Waals surface area contributed by atoms with Crippen molar-refractivity contribution in [1.82, 2.24) is 14.8 Å². The zero-order valence-electron chi connectivity index (χ0n) is 16.0. The summed E-state index contributed by atoms with van der Waals surface area (Å²) in [6, 6.07) is 17.4. The molecule has 4 rings (SSSR count). The van der Waals surface area contributed by atoms with Crippen LogP contribution in [0.5, 0.6) is 5.75 Å². The Morgan fingerprint density at radius 2 is 1.83 bits per heavy atom. The summed E-state index contributed by atoms with van der Waals surface area (Å²) in [6.45, 7) is 4.15. The van der Waals surface area contributed by atoms with E-state index in [1.165, 1.54) is 29.0 Å². The van der Waals surface area contributed by atoms with Crippen LogP contribution in [0.3, 0.4) is 0 Å². The Morgan fingerprint density at radius 1 is 1.03 bits per heavy atom. The smallest absolute Gasteiger partial charge is 0.226 e. The number of aromatic nitrogens is 3. The van der Waals surface area contributed by atoms with E-state index in [4.69, 9.17) is 4.42 Å². The first kappa shape index (κ1) is 19.0. The number of nitrogens with zero attached hydrogens (tertiary/aromatic N) is 3. The molecule has 6 nitrogen and oxygen atoms in total. The minimum absolute atomic E-state index is 0.382. The minimum atomic E-state index is -0.465. The average molecular weight is 405 g/mol. The van der Waals surface area contributed by atoms with Crippen LogP contribution in [-0.4, -0.2) is 19.9 Å². The van der Waals surface area contributed by atoms with Gasteiger partial charge in [0.15, 0.2) is 16.7 Å². The molecule has 0 aliphatic carbocycles. The topological polar surface area (TPSA) is 81.2 Å². The summed E-state index contributed by atoms with van der Waals surface area (Å²) in [5.74, 6) is 1.17. The minimum Gasteiger partial charge on any atom is -0.502 e. The quantitative estimate of drug-likeness (QED) is 0.492. The summed E-state index contributed by atoms with van der Waals surface area (Å²) in [4.78, 5) is 11.6. The van der Waals surface area contributed by atoms with Crippen molar-refractivity contribution in [3.8, 4) is 22.8 Å². The van der Waals surface area contributed by atoms with Gasteiger partial charge in [0.25, 0.3) is 0 Å². The Kier molecular flexibility index (Phi) is 5.22. The largest absolute Gasteiger partial charge is 0.502 e. The highest BCUT2D eigenvalue weighted by atomic mass is 32.2. The Balaban J connectivity index is 1.75. The van der Waals surface area contributed by atoms with Gasteiger partial charge in [0, 0.05) is 11.6 Å². The van der Waals surface area contributed by atoms with Crippen LogP contribution in [0, 0.1) is 13.8 Å². The van der Waals surface area contributed by atoms with E-state index in [2.05, 4.69) is 36.2 Å². The molecule has 0 unspecified atom stereocenters. The van der Waals surface area contributed by atoms with Gasteiger partial charge >= 0.3 is 0 Å². The van der Waals surface area contributed by atoms with Gasteiger partial charge in [0.05, 0.1) is 11.4 Å². The summed E-state index contributed by atoms with van der Waals surface area (Å²) in [5.41, 5.74) is 3.85. The van der Waals surface area contributed by atoms with Crippen LogP contribution in [-0.2, 0) is 5.75 Å². The lowest BCUT2D eigenvalue weighted by molar-refractivity contribution is 0.419. The van der Waals surface area contributed by atoms with E-state index in [0.717, 1.165) is 23.3 Å². The van der Waals surface area contributed by atoms with Crippen molar-refractivity contribution in [2.24, 2.45) is 0 Å². The normalized spacial score (nSPS) is 11.0. The standard InChI is InChI=1S/C22H19N3O3S/c1-14-8-9-17(10-15(14)2)25-21(16-6-4-3-5-7-16)23-24-22(25)29-13-18-11-19(26)20(27)12-28-18/h3-12,27H,13H2,1-2H3. The van der Waals surface area contributed by atoms with E-state index in [0.29, 0.717) is 16.7 Å². The molecule has 0 aliphatic rings. The molecule has 0 saturated carbocycles. The Hall–Kier alpha value is -3.32. The van der Waals surface area contributed by atoms with Gasteiger partial charge in [-0.05, 0) is 37.1 Å². The number of aryl methyl sites for hydroxylation is 2. The van der Waals surface area contributed by atoms with E-state index in [9.17, 15) is 9.90 Å². The van der Waals surface area contributed by atoms with Crippen LogP contribution in [0.4, 0.5) is 0 Å². The third-order valence-electron chi connectivity index (χ3n) is 4.62. The number of benzene rings is 2. The lowest BCUT2D eigenvalue weighted by Crippen LogP contribution is -2.02. The summed E-state index contributed by atoms with van der Waals surface area (Å²) >= 11 is 1.41. The molecule has 1 N–H and O–H groups in total. The van der Waals surface area contributed by atoms with Crippen molar-refractivity contribution in [3.05, 3.63) is 88.0 Å². The molecule has 0 spiro atoms. The van der Waals surface area contributed by atoms with Gasteiger partial charge in [-0.2, -0.15) is 0 Å². The van der Waals surface area contributed by atoms with Crippen LogP contribution in [0.1, 0.15) is 16.9 Å². The summed E-state index contributed by atoms with van der Waals surface area (Å²) < 4.78 is 7.31. The number of thioether (sulfide) groups is 1. The van der Waals surface area contributed by atoms with Gasteiger partial charge in [0.2, 0.25) is 5.43 Å². The zero-order chi connectivity index (χ0) is 20.4. The molecule has 0 fully saturated rings. The SMILES string of the molecule is Cc1ccc(-n2c(SCc3cc(=O)c(O)co3)nnc2-c2ccccc2)cc1C. The molecular weight excluding hydrogens is 386 g/mol. The molecule has 146 valence electrons. The molecule has 2 heterocycles. The number of hydrogen-bond acceptors (Lipinski definition) is 6. The van der Waals surface area contributed by atoms with Crippen LogP contribution in [0.25, 0.3) is 17.1 Å². The van der Waals surface area contributed by atoms with Gasteiger partial charge in [-0.15, -0.1) is 10.2 Å². The maximum Gasteiger partial charge on any atom is 0.226 e. The molecule has 7 heteroatoms. The molecule has 0 bridgehead atoms. The second-order valence-corrected chi connectivity index (χ2v) is 7.60. The fourth-order valence-corrected chi connectivity index (χ4v) is 3.73. The Labute approximate surface area is 171 Å². The number of hydrogen-bond donors (Lipinski definition) is 1. The van der Waals surface area contributed by atoms with Crippen molar-refractivity contribution in [3.63, 3.8) is 0 Å². The van der Waals surface area contributed by atoms with E-state index < -0.39 is 11.2 Å². The molecule has 4 aromatic rings. The van der Waals surface area contributed by atoms with E-state index in [-0.39, 0.29) is 0 Å². The van der Waals surface area contributed by atoms with Crippen LogP contribution >= 0.6 is 11.8 Å². The van der Waals surface area contributed by atoms with Gasteiger partial charge in [-0.1, -0.05) is 48.2 Å². The Morgan fingerprint density at radius 3 is 2.55 bits per heavy atom. The number of aromatic hydroxyl groups is 1. The highest BCUT2D eigenvalue weighted by Gasteiger charge is 2.17. The van der Waals surface area contributed by atoms with Crippen molar-refractivity contribution < 1.29 is 9.52 Å². The van der Waals surface area contributed by atoms with Crippen molar-refractivity contribution >= 4 is 11.8 Å². The molecule has 29 heavy (non-hydrogen) atoms. The fourth-order valence-electron chi connectivity index (χ4n) is 2.89. The Bertz CT molecular complexity index is 1220. The molecule has 2 aromatic carbocycles. The van der Waals surface area contributed by atoms with Gasteiger partial charge < -0.3 is 9.52 Å². The first-order valence-corrected chi connectivity index (χ1v) is 10.0. The average Bonchev–Trinajstić information content (AvgIpc) is 3.15. The van der Waals surface area contributed by atoms with Crippen LogP contribution in [0.2, 0.25) is 0 Å². The molecule has 0 saturated heterocycles. The highest BCUT2D eigenvalue weighted by Crippen LogP contribution is 2.30. The lowest BCUT2D eigenvalue weighted by Gasteiger charge is -2.12. The second kappa shape index (κ2) is 7.97. The van der Waals surface area contributed by atoms with E-state index >= 15 is 0 Å². The molecule has 0 aliphatic heterocycles. The molecule has 2 aromatic heterocycles. The maximum absolute atomic E-state index is 11.6. The molecule has 0 atom stereocenters. The third kappa shape index (κ3) is 3.95. The van der Waals surface area contributed by atoms with Crippen molar-refractivity contribution in [2.45, 2.75) is 24.8 Å². The second-order valence-electron chi connectivity index (χ2n) is 6.66. The zero-order valence-corrected chi connectivity index (χ0v) is 16.8. The molecule has 0 amide bonds. The highest BCUT2D eigenvalue weighted by molar-refractivity contribution is 7.98. The maximum atomic E-state index is 11.6.